The van der Waals surface area contributed by atoms with Gasteiger partial charge in [-0.1, -0.05) is 17.7 Å². The molecule has 2 N–H and O–H groups in total. The number of nitrogens with one attached hydrogen (secondary N) is 2. The van der Waals surface area contributed by atoms with Gasteiger partial charge in [0.1, 0.15) is 18.0 Å². The molecule has 14 heteroatoms. The van der Waals surface area contributed by atoms with Crippen LogP contribution in [-0.2, 0) is 22.7 Å². The molecule has 4 aliphatic heterocycles. The number of nitrogens with zero attached hydrogens (tertiary/aromatic N) is 6. The first kappa shape index (κ1) is 39.3. The Morgan fingerprint density at radius 1 is 0.947 bits per heavy atom. The number of piperidine rings is 2. The summed E-state index contributed by atoms with van der Waals surface area (Å²) in [5.41, 5.74) is 5.14. The van der Waals surface area contributed by atoms with E-state index < -0.39 is 5.82 Å². The van der Waals surface area contributed by atoms with Crippen molar-refractivity contribution in [2.75, 3.05) is 63.2 Å². The maximum Gasteiger partial charge on any atom is 0.243 e. The molecule has 8 rings (SSSR count). The van der Waals surface area contributed by atoms with E-state index in [0.717, 1.165) is 64.2 Å². The number of piperazine rings is 1. The lowest BCUT2D eigenvalue weighted by Crippen LogP contribution is -2.58. The van der Waals surface area contributed by atoms with Gasteiger partial charge in [-0.05, 0) is 106 Å². The number of imide groups is 1. The standard InChI is InChI=1S/C43H52ClFN8O4/c1-27-21-51(33-7-5-30-24-52(25-31(30)17-33)38-9-10-41(54)49-43(38)55)22-28(2)53(27)23-29-11-14-50(15-12-29)13-4-16-57-40-19-34-37(20-39(40)56-3)46-26-47-42(34)48-32-6-8-36(45)35(44)18-32/h5-8,17-20,26-29,38H,4,9-16,21-25H2,1-3H3,(H,46,47,48)(H,49,54,55). The van der Waals surface area contributed by atoms with Crippen molar-refractivity contribution < 1.29 is 23.5 Å². The third-order valence-corrected chi connectivity index (χ3v) is 12.5. The van der Waals surface area contributed by atoms with Gasteiger partial charge in [0.25, 0.3) is 0 Å². The average Bonchev–Trinajstić information content (AvgIpc) is 3.63. The van der Waals surface area contributed by atoms with Crippen molar-refractivity contribution in [2.45, 2.75) is 77.2 Å². The molecule has 57 heavy (non-hydrogen) atoms. The molecule has 3 aromatic carbocycles. The molecule has 302 valence electrons. The second kappa shape index (κ2) is 17.1. The van der Waals surface area contributed by atoms with Gasteiger partial charge in [0.15, 0.2) is 11.5 Å². The minimum Gasteiger partial charge on any atom is -0.493 e. The van der Waals surface area contributed by atoms with Crippen LogP contribution in [0.2, 0.25) is 5.02 Å². The number of amides is 2. The van der Waals surface area contributed by atoms with Gasteiger partial charge in [0, 0.05) is 80.6 Å². The van der Waals surface area contributed by atoms with E-state index in [1.807, 2.05) is 12.1 Å². The molecule has 3 saturated heterocycles. The Hall–Kier alpha value is -4.56. The minimum atomic E-state index is -0.480. The summed E-state index contributed by atoms with van der Waals surface area (Å²) >= 11 is 6.00. The summed E-state index contributed by atoms with van der Waals surface area (Å²) in [6, 6.07) is 15.7. The second-order valence-corrected chi connectivity index (χ2v) is 16.5. The van der Waals surface area contributed by atoms with E-state index >= 15 is 0 Å². The van der Waals surface area contributed by atoms with Crippen molar-refractivity contribution in [1.29, 1.82) is 0 Å². The van der Waals surface area contributed by atoms with E-state index in [9.17, 15) is 14.0 Å². The first-order valence-electron chi connectivity index (χ1n) is 20.2. The highest BCUT2D eigenvalue weighted by atomic mass is 35.5. The van der Waals surface area contributed by atoms with Crippen LogP contribution in [0.4, 0.5) is 21.6 Å². The lowest BCUT2D eigenvalue weighted by atomic mass is 9.94. The van der Waals surface area contributed by atoms with Crippen molar-refractivity contribution in [2.24, 2.45) is 5.92 Å². The molecule has 0 aliphatic carbocycles. The number of halogens is 2. The molecule has 5 heterocycles. The molecule has 3 atom stereocenters. The van der Waals surface area contributed by atoms with E-state index in [0.29, 0.717) is 66.0 Å². The molecule has 0 spiro atoms. The van der Waals surface area contributed by atoms with E-state index in [-0.39, 0.29) is 22.9 Å². The average molecular weight is 799 g/mol. The fourth-order valence-electron chi connectivity index (χ4n) is 9.09. The SMILES string of the molecule is COc1cc2ncnc(Nc3ccc(F)c(Cl)c3)c2cc1OCCCN1CCC(CN2C(C)CN(c3ccc4c(c3)CN(C3CCC(=O)NC3=O)C4)CC2C)CC1. The molecular formula is C43H52ClFN8O4. The van der Waals surface area contributed by atoms with Crippen LogP contribution in [0, 0.1) is 11.7 Å². The predicted octanol–water partition coefficient (Wildman–Crippen LogP) is 6.38. The van der Waals surface area contributed by atoms with Gasteiger partial charge >= 0.3 is 0 Å². The van der Waals surface area contributed by atoms with E-state index in [4.69, 9.17) is 21.1 Å². The van der Waals surface area contributed by atoms with E-state index in [1.165, 1.54) is 48.1 Å². The quantitative estimate of drug-likeness (QED) is 0.123. The lowest BCUT2D eigenvalue weighted by Gasteiger charge is -2.47. The first-order chi connectivity index (χ1) is 27.6. The number of aromatic nitrogens is 2. The summed E-state index contributed by atoms with van der Waals surface area (Å²) in [4.78, 5) is 43.0. The van der Waals surface area contributed by atoms with Gasteiger partial charge in [-0.25, -0.2) is 14.4 Å². The summed E-state index contributed by atoms with van der Waals surface area (Å²) in [5.74, 6) is 1.66. The van der Waals surface area contributed by atoms with Crippen LogP contribution in [0.25, 0.3) is 10.9 Å². The number of methoxy groups -OCH3 is 1. The third kappa shape index (κ3) is 8.81. The predicted molar refractivity (Wildman–Crippen MR) is 220 cm³/mol. The summed E-state index contributed by atoms with van der Waals surface area (Å²) in [7, 11) is 1.62. The summed E-state index contributed by atoms with van der Waals surface area (Å²) < 4.78 is 25.6. The Balaban J connectivity index is 0.789. The Kier molecular flexibility index (Phi) is 11.8. The number of hydrogen-bond donors (Lipinski definition) is 2. The molecule has 4 aromatic rings. The van der Waals surface area contributed by atoms with Crippen molar-refractivity contribution in [3.8, 4) is 11.5 Å². The van der Waals surface area contributed by atoms with Crippen LogP contribution in [-0.4, -0.2) is 108 Å². The lowest BCUT2D eigenvalue weighted by molar-refractivity contribution is -0.137. The normalized spacial score (nSPS) is 22.5. The number of likely N-dealkylation sites (tertiary alicyclic amines) is 1. The highest BCUT2D eigenvalue weighted by Crippen LogP contribution is 2.36. The van der Waals surface area contributed by atoms with Gasteiger partial charge in [-0.3, -0.25) is 24.7 Å². The highest BCUT2D eigenvalue weighted by molar-refractivity contribution is 6.31. The van der Waals surface area contributed by atoms with Crippen molar-refractivity contribution in [3.63, 3.8) is 0 Å². The largest absolute Gasteiger partial charge is 0.493 e. The van der Waals surface area contributed by atoms with Crippen molar-refractivity contribution in [3.05, 3.63) is 76.8 Å². The van der Waals surface area contributed by atoms with Gasteiger partial charge in [0.2, 0.25) is 11.8 Å². The maximum absolute atomic E-state index is 13.7. The number of fused-ring (bicyclic) bond motifs is 2. The van der Waals surface area contributed by atoms with Crippen LogP contribution in [0.3, 0.4) is 0 Å². The first-order valence-corrected chi connectivity index (χ1v) is 20.6. The smallest absolute Gasteiger partial charge is 0.243 e. The Morgan fingerprint density at radius 2 is 1.74 bits per heavy atom. The molecule has 2 amide bonds. The van der Waals surface area contributed by atoms with E-state index in [2.05, 4.69) is 72.2 Å². The molecule has 0 saturated carbocycles. The van der Waals surface area contributed by atoms with Gasteiger partial charge in [-0.15, -0.1) is 0 Å². The van der Waals surface area contributed by atoms with E-state index in [1.54, 1.807) is 13.2 Å². The zero-order chi connectivity index (χ0) is 39.6. The molecule has 3 unspecified atom stereocenters. The van der Waals surface area contributed by atoms with Crippen LogP contribution >= 0.6 is 11.6 Å². The minimum absolute atomic E-state index is 0.0308. The number of benzene rings is 3. The fourth-order valence-corrected chi connectivity index (χ4v) is 9.27. The number of anilines is 3. The fraction of sp³-hybridized carbons (Fsp3) is 0.488. The monoisotopic (exact) mass is 798 g/mol. The summed E-state index contributed by atoms with van der Waals surface area (Å²) in [6.07, 6.45) is 5.76. The Morgan fingerprint density at radius 3 is 2.49 bits per heavy atom. The zero-order valence-corrected chi connectivity index (χ0v) is 33.7. The number of ether oxygens (including phenoxy) is 2. The molecule has 0 bridgehead atoms. The molecular weight excluding hydrogens is 747 g/mol. The number of carbonyl (C=O) groups excluding carboxylic acids is 2. The third-order valence-electron chi connectivity index (χ3n) is 12.2. The molecule has 4 aliphatic rings. The summed E-state index contributed by atoms with van der Waals surface area (Å²) in [5, 5.41) is 6.52. The Labute approximate surface area is 338 Å². The van der Waals surface area contributed by atoms with Gasteiger partial charge < -0.3 is 24.6 Å². The second-order valence-electron chi connectivity index (χ2n) is 16.1. The summed E-state index contributed by atoms with van der Waals surface area (Å²) in [6.45, 7) is 13.1. The van der Waals surface area contributed by atoms with Crippen LogP contribution in [0.1, 0.15) is 57.1 Å². The topological polar surface area (TPSA) is 115 Å². The number of hydrogen-bond acceptors (Lipinski definition) is 11. The Bertz CT molecular complexity index is 2100. The highest BCUT2D eigenvalue weighted by Gasteiger charge is 2.36. The molecule has 3 fully saturated rings. The van der Waals surface area contributed by atoms with Crippen molar-refractivity contribution in [1.82, 2.24) is 30.0 Å². The molecule has 1 aromatic heterocycles. The van der Waals surface area contributed by atoms with Crippen LogP contribution in [0.15, 0.2) is 54.9 Å². The number of carbonyl (C=O) groups is 2. The molecule has 12 nitrogen and oxygen atoms in total. The van der Waals surface area contributed by atoms with Crippen LogP contribution < -0.4 is 25.0 Å². The van der Waals surface area contributed by atoms with Gasteiger partial charge in [-0.2, -0.15) is 0 Å². The van der Waals surface area contributed by atoms with Crippen molar-refractivity contribution >= 4 is 51.5 Å². The van der Waals surface area contributed by atoms with Crippen LogP contribution in [0.5, 0.6) is 11.5 Å². The number of rotatable bonds is 12. The van der Waals surface area contributed by atoms with Gasteiger partial charge in [0.05, 0.1) is 30.3 Å². The molecule has 0 radical (unpaired) electrons. The zero-order valence-electron chi connectivity index (χ0n) is 33.0. The maximum atomic E-state index is 13.7.